The summed E-state index contributed by atoms with van der Waals surface area (Å²) in [5, 5.41) is 9.44. The second-order valence-electron chi connectivity index (χ2n) is 3.79. The zero-order chi connectivity index (χ0) is 13.2. The van der Waals surface area contributed by atoms with Crippen molar-refractivity contribution in [3.8, 4) is 0 Å². The summed E-state index contributed by atoms with van der Waals surface area (Å²) in [4.78, 5) is 6.52. The third kappa shape index (κ3) is 2.69. The number of aliphatic hydroxyl groups is 1. The number of aliphatic hydroxyl groups excluding tert-OH is 1. The van der Waals surface area contributed by atoms with Crippen LogP contribution >= 0.6 is 0 Å². The van der Waals surface area contributed by atoms with E-state index in [4.69, 9.17) is 0 Å². The van der Waals surface area contributed by atoms with Crippen LogP contribution < -0.4 is 4.72 Å². The first kappa shape index (κ1) is 12.6. The second-order valence-corrected chi connectivity index (χ2v) is 5.47. The minimum absolute atomic E-state index is 0.0808. The first-order valence-corrected chi connectivity index (χ1v) is 6.77. The minimum Gasteiger partial charge on any atom is -0.389 e. The highest BCUT2D eigenvalue weighted by molar-refractivity contribution is 7.92. The number of hydrogen-bond acceptors (Lipinski definition) is 4. The molecule has 2 aromatic rings. The number of hydrogen-bond donors (Lipinski definition) is 3. The lowest BCUT2D eigenvalue weighted by atomic mass is 10.1. The predicted octanol–water partition coefficient (Wildman–Crippen LogP) is 1.26. The van der Waals surface area contributed by atoms with Gasteiger partial charge in [-0.05, 0) is 24.6 Å². The molecule has 0 aliphatic carbocycles. The summed E-state index contributed by atoms with van der Waals surface area (Å²) in [6.07, 6.45) is 2.25. The molecule has 3 N–H and O–H groups in total. The molecule has 6 nitrogen and oxygen atoms in total. The number of rotatable bonds is 4. The Morgan fingerprint density at radius 2 is 2.22 bits per heavy atom. The van der Waals surface area contributed by atoms with Gasteiger partial charge >= 0.3 is 0 Å². The van der Waals surface area contributed by atoms with Crippen molar-refractivity contribution in [2.45, 2.75) is 17.9 Å². The minimum atomic E-state index is -3.69. The molecular formula is C11H13N3O3S. The van der Waals surface area contributed by atoms with Gasteiger partial charge in [0.25, 0.3) is 10.0 Å². The number of nitrogens with one attached hydrogen (secondary N) is 2. The van der Waals surface area contributed by atoms with E-state index in [0.29, 0.717) is 5.56 Å². The van der Waals surface area contributed by atoms with Crippen LogP contribution in [0.2, 0.25) is 0 Å². The standard InChI is InChI=1S/C11H13N3O3S/c1-8(15)9-3-2-4-10(7-9)18(16,17)14-11-12-5-6-13-11/h2-8,15H,1H3,(H2,12,13,14). The molecule has 0 saturated heterocycles. The molecule has 0 aliphatic heterocycles. The normalized spacial score (nSPS) is 13.2. The topological polar surface area (TPSA) is 95.1 Å². The first-order chi connectivity index (χ1) is 8.49. The molecule has 0 saturated carbocycles. The van der Waals surface area contributed by atoms with Crippen LogP contribution in [0, 0.1) is 0 Å². The van der Waals surface area contributed by atoms with Gasteiger partial charge in [0.05, 0.1) is 11.0 Å². The molecule has 1 atom stereocenters. The summed E-state index contributed by atoms with van der Waals surface area (Å²) in [6, 6.07) is 6.13. The highest BCUT2D eigenvalue weighted by atomic mass is 32.2. The van der Waals surface area contributed by atoms with E-state index in [-0.39, 0.29) is 10.8 Å². The Kier molecular flexibility index (Phi) is 3.35. The SMILES string of the molecule is CC(O)c1cccc(S(=O)(=O)Nc2ncc[nH]2)c1. The highest BCUT2D eigenvalue weighted by Crippen LogP contribution is 2.18. The molecule has 0 spiro atoms. The summed E-state index contributed by atoms with van der Waals surface area (Å²) >= 11 is 0. The molecule has 18 heavy (non-hydrogen) atoms. The number of aromatic amines is 1. The largest absolute Gasteiger partial charge is 0.389 e. The van der Waals surface area contributed by atoms with Gasteiger partial charge in [0.15, 0.2) is 0 Å². The number of imidazole rings is 1. The van der Waals surface area contributed by atoms with Gasteiger partial charge in [-0.1, -0.05) is 12.1 Å². The smallest absolute Gasteiger partial charge is 0.264 e. The average molecular weight is 267 g/mol. The van der Waals surface area contributed by atoms with E-state index in [1.165, 1.54) is 24.5 Å². The lowest BCUT2D eigenvalue weighted by Gasteiger charge is -2.08. The maximum atomic E-state index is 12.0. The molecule has 2 rings (SSSR count). The average Bonchev–Trinajstić information content (AvgIpc) is 2.81. The van der Waals surface area contributed by atoms with Gasteiger partial charge in [0.2, 0.25) is 5.95 Å². The maximum Gasteiger partial charge on any atom is 0.264 e. The van der Waals surface area contributed by atoms with Crippen molar-refractivity contribution in [2.24, 2.45) is 0 Å². The Hall–Kier alpha value is -1.86. The highest BCUT2D eigenvalue weighted by Gasteiger charge is 2.16. The van der Waals surface area contributed by atoms with Gasteiger partial charge in [0.1, 0.15) is 0 Å². The zero-order valence-corrected chi connectivity index (χ0v) is 10.5. The van der Waals surface area contributed by atoms with Crippen molar-refractivity contribution in [3.05, 3.63) is 42.2 Å². The van der Waals surface area contributed by atoms with E-state index < -0.39 is 16.1 Å². The summed E-state index contributed by atoms with van der Waals surface area (Å²) < 4.78 is 26.3. The molecule has 1 heterocycles. The predicted molar refractivity (Wildman–Crippen MR) is 66.5 cm³/mol. The van der Waals surface area contributed by atoms with Crippen LogP contribution in [0.15, 0.2) is 41.6 Å². The first-order valence-electron chi connectivity index (χ1n) is 5.29. The number of aromatic nitrogens is 2. The number of sulfonamides is 1. The number of H-pyrrole nitrogens is 1. The monoisotopic (exact) mass is 267 g/mol. The van der Waals surface area contributed by atoms with Gasteiger partial charge in [-0.2, -0.15) is 0 Å². The molecule has 96 valence electrons. The van der Waals surface area contributed by atoms with E-state index >= 15 is 0 Å². The van der Waals surface area contributed by atoms with E-state index in [9.17, 15) is 13.5 Å². The molecule has 0 fully saturated rings. The lowest BCUT2D eigenvalue weighted by molar-refractivity contribution is 0.199. The van der Waals surface area contributed by atoms with Gasteiger partial charge in [-0.25, -0.2) is 18.1 Å². The van der Waals surface area contributed by atoms with Gasteiger partial charge in [0, 0.05) is 12.4 Å². The molecular weight excluding hydrogens is 254 g/mol. The summed E-state index contributed by atoms with van der Waals surface area (Å²) in [5.74, 6) is 0.150. The van der Waals surface area contributed by atoms with Crippen LogP contribution in [-0.4, -0.2) is 23.5 Å². The Bertz CT molecular complexity index is 621. The van der Waals surface area contributed by atoms with E-state index in [0.717, 1.165) is 0 Å². The fraction of sp³-hybridized carbons (Fsp3) is 0.182. The molecule has 7 heteroatoms. The van der Waals surface area contributed by atoms with E-state index in [1.54, 1.807) is 19.1 Å². The Morgan fingerprint density at radius 1 is 1.44 bits per heavy atom. The van der Waals surface area contributed by atoms with Gasteiger partial charge in [-0.15, -0.1) is 0 Å². The Labute approximate surface area is 105 Å². The summed E-state index contributed by atoms with van der Waals surface area (Å²) in [7, 11) is -3.69. The molecule has 0 amide bonds. The van der Waals surface area contributed by atoms with Crippen LogP contribution in [-0.2, 0) is 10.0 Å². The van der Waals surface area contributed by atoms with Crippen molar-refractivity contribution < 1.29 is 13.5 Å². The molecule has 0 aliphatic rings. The summed E-state index contributed by atoms with van der Waals surface area (Å²) in [5.41, 5.74) is 0.539. The molecule has 1 aromatic heterocycles. The fourth-order valence-electron chi connectivity index (χ4n) is 1.45. The number of benzene rings is 1. The summed E-state index contributed by atoms with van der Waals surface area (Å²) in [6.45, 7) is 1.58. The number of anilines is 1. The quantitative estimate of drug-likeness (QED) is 0.777. The van der Waals surface area contributed by atoms with Crippen LogP contribution in [0.5, 0.6) is 0 Å². The van der Waals surface area contributed by atoms with Crippen LogP contribution in [0.1, 0.15) is 18.6 Å². The fourth-order valence-corrected chi connectivity index (χ4v) is 2.48. The maximum absolute atomic E-state index is 12.0. The second kappa shape index (κ2) is 4.79. The van der Waals surface area contributed by atoms with Crippen molar-refractivity contribution in [1.82, 2.24) is 9.97 Å². The van der Waals surface area contributed by atoms with Crippen LogP contribution in [0.3, 0.4) is 0 Å². The number of nitrogens with zero attached hydrogens (tertiary/aromatic N) is 1. The third-order valence-corrected chi connectivity index (χ3v) is 3.72. The van der Waals surface area contributed by atoms with Crippen LogP contribution in [0.4, 0.5) is 5.95 Å². The van der Waals surface area contributed by atoms with Crippen molar-refractivity contribution in [1.29, 1.82) is 0 Å². The van der Waals surface area contributed by atoms with Gasteiger partial charge in [-0.3, -0.25) is 0 Å². The molecule has 1 unspecified atom stereocenters. The van der Waals surface area contributed by atoms with E-state index in [2.05, 4.69) is 14.7 Å². The zero-order valence-electron chi connectivity index (χ0n) is 9.66. The van der Waals surface area contributed by atoms with Crippen molar-refractivity contribution in [3.63, 3.8) is 0 Å². The lowest BCUT2D eigenvalue weighted by Crippen LogP contribution is -2.14. The van der Waals surface area contributed by atoms with Gasteiger partial charge < -0.3 is 10.1 Å². The van der Waals surface area contributed by atoms with Crippen molar-refractivity contribution in [2.75, 3.05) is 4.72 Å². The van der Waals surface area contributed by atoms with Crippen LogP contribution in [0.25, 0.3) is 0 Å². The molecule has 1 aromatic carbocycles. The Balaban J connectivity index is 2.32. The van der Waals surface area contributed by atoms with E-state index in [1.807, 2.05) is 0 Å². The third-order valence-electron chi connectivity index (χ3n) is 2.38. The molecule has 0 bridgehead atoms. The van der Waals surface area contributed by atoms with Crippen molar-refractivity contribution >= 4 is 16.0 Å². The Morgan fingerprint density at radius 3 is 2.83 bits per heavy atom. The molecule has 0 radical (unpaired) electrons.